The van der Waals surface area contributed by atoms with E-state index in [-0.39, 0.29) is 11.1 Å². The van der Waals surface area contributed by atoms with Crippen LogP contribution in [-0.4, -0.2) is 46.7 Å². The van der Waals surface area contributed by atoms with Crippen LogP contribution in [0.25, 0.3) is 6.08 Å². The predicted molar refractivity (Wildman–Crippen MR) is 71.5 cm³/mol. The van der Waals surface area contributed by atoms with Crippen molar-refractivity contribution in [3.8, 4) is 5.75 Å². The van der Waals surface area contributed by atoms with Crippen LogP contribution in [0.3, 0.4) is 0 Å². The third-order valence-corrected chi connectivity index (χ3v) is 3.13. The number of barbiturate groups is 1. The number of benzene rings is 1. The van der Waals surface area contributed by atoms with Gasteiger partial charge in [-0.25, -0.2) is 4.79 Å². The number of rotatable bonds is 2. The molecule has 0 aliphatic carbocycles. The third kappa shape index (κ3) is 2.39. The summed E-state index contributed by atoms with van der Waals surface area (Å²) in [5, 5.41) is 22.1. The lowest BCUT2D eigenvalue weighted by atomic mass is 10.1. The molecule has 1 heterocycles. The molecule has 0 aromatic heterocycles. The van der Waals surface area contributed by atoms with E-state index in [0.717, 1.165) is 28.0 Å². The first-order valence-electron chi connectivity index (χ1n) is 6.01. The van der Waals surface area contributed by atoms with Gasteiger partial charge in [0.1, 0.15) is 5.57 Å². The molecule has 114 valence electrons. The average Bonchev–Trinajstić information content (AvgIpc) is 2.49. The molecule has 0 saturated carbocycles. The van der Waals surface area contributed by atoms with Gasteiger partial charge in [-0.15, -0.1) is 0 Å². The number of carbonyl (C=O) groups excluding carboxylic acids is 3. The number of nitrogens with zero attached hydrogens (tertiary/aromatic N) is 3. The Bertz CT molecular complexity index is 713. The van der Waals surface area contributed by atoms with Gasteiger partial charge in [0.05, 0.1) is 4.92 Å². The molecule has 1 aliphatic rings. The minimum atomic E-state index is -0.851. The van der Waals surface area contributed by atoms with Gasteiger partial charge in [-0.1, -0.05) is 12.1 Å². The van der Waals surface area contributed by atoms with Crippen LogP contribution in [0.5, 0.6) is 5.75 Å². The first-order chi connectivity index (χ1) is 10.2. The molecular formula is C13H10N3O6-. The molecule has 1 aromatic carbocycles. The summed E-state index contributed by atoms with van der Waals surface area (Å²) in [6.45, 7) is 0. The summed E-state index contributed by atoms with van der Waals surface area (Å²) in [7, 11) is 2.43. The molecule has 0 unspecified atom stereocenters. The Morgan fingerprint density at radius 2 is 1.64 bits per heavy atom. The molecule has 0 atom stereocenters. The van der Waals surface area contributed by atoms with E-state index in [2.05, 4.69) is 0 Å². The summed E-state index contributed by atoms with van der Waals surface area (Å²) in [4.78, 5) is 46.9. The summed E-state index contributed by atoms with van der Waals surface area (Å²) in [5.41, 5.74) is -0.848. The van der Waals surface area contributed by atoms with Crippen LogP contribution in [-0.2, 0) is 9.59 Å². The van der Waals surface area contributed by atoms with Gasteiger partial charge in [-0.05, 0) is 17.4 Å². The lowest BCUT2D eigenvalue weighted by Gasteiger charge is -2.28. The van der Waals surface area contributed by atoms with Crippen molar-refractivity contribution >= 4 is 29.6 Å². The fourth-order valence-electron chi connectivity index (χ4n) is 1.91. The molecule has 9 heteroatoms. The van der Waals surface area contributed by atoms with E-state index in [4.69, 9.17) is 0 Å². The van der Waals surface area contributed by atoms with Crippen molar-refractivity contribution in [1.29, 1.82) is 0 Å². The Labute approximate surface area is 124 Å². The Morgan fingerprint density at radius 1 is 1.09 bits per heavy atom. The average molecular weight is 304 g/mol. The maximum atomic E-state index is 12.0. The smallest absolute Gasteiger partial charge is 0.333 e. The molecule has 0 spiro atoms. The highest BCUT2D eigenvalue weighted by atomic mass is 16.6. The number of imide groups is 2. The van der Waals surface area contributed by atoms with Crippen LogP contribution in [0.15, 0.2) is 23.8 Å². The number of nitro groups is 1. The van der Waals surface area contributed by atoms with Crippen molar-refractivity contribution in [2.75, 3.05) is 14.1 Å². The number of carbonyl (C=O) groups is 3. The fraction of sp³-hybridized carbons (Fsp3) is 0.154. The summed E-state index contributed by atoms with van der Waals surface area (Å²) in [6, 6.07) is 2.42. The van der Waals surface area contributed by atoms with Crippen LogP contribution in [0, 0.1) is 10.1 Å². The summed E-state index contributed by atoms with van der Waals surface area (Å²) in [5.74, 6) is -2.42. The number of nitro benzene ring substituents is 1. The maximum absolute atomic E-state index is 12.0. The summed E-state index contributed by atoms with van der Waals surface area (Å²) < 4.78 is 0. The van der Waals surface area contributed by atoms with E-state index in [9.17, 15) is 29.6 Å². The molecular weight excluding hydrogens is 294 g/mol. The van der Waals surface area contributed by atoms with Crippen LogP contribution in [0.4, 0.5) is 10.5 Å². The number of urea groups is 1. The summed E-state index contributed by atoms with van der Waals surface area (Å²) in [6.07, 6.45) is 1.11. The number of likely N-dealkylation sites (N-methyl/N-ethyl adjacent to an activating group) is 2. The van der Waals surface area contributed by atoms with Crippen molar-refractivity contribution in [1.82, 2.24) is 9.80 Å². The highest BCUT2D eigenvalue weighted by molar-refractivity contribution is 6.30. The minimum Gasteiger partial charge on any atom is -0.868 e. The van der Waals surface area contributed by atoms with Crippen molar-refractivity contribution < 1.29 is 24.4 Å². The quantitative estimate of drug-likeness (QED) is 0.330. The van der Waals surface area contributed by atoms with Gasteiger partial charge < -0.3 is 5.11 Å². The van der Waals surface area contributed by atoms with E-state index in [1.807, 2.05) is 0 Å². The van der Waals surface area contributed by atoms with Crippen LogP contribution < -0.4 is 5.11 Å². The molecule has 0 bridgehead atoms. The second-order valence-corrected chi connectivity index (χ2v) is 4.55. The standard InChI is InChI=1S/C13H11N3O6/c1-14-11(18)8(12(19)15(2)13(14)20)5-7-3-4-10(17)9(6-7)16(21)22/h3-6,17H,1-2H3/p-1. The normalized spacial score (nSPS) is 15.4. The van der Waals surface area contributed by atoms with Crippen molar-refractivity contribution in [3.05, 3.63) is 39.4 Å². The molecule has 4 amide bonds. The molecule has 9 nitrogen and oxygen atoms in total. The van der Waals surface area contributed by atoms with E-state index < -0.39 is 34.2 Å². The molecule has 1 aromatic rings. The highest BCUT2D eigenvalue weighted by Gasteiger charge is 2.37. The molecule has 1 fully saturated rings. The molecule has 1 saturated heterocycles. The first-order valence-corrected chi connectivity index (χ1v) is 6.01. The van der Waals surface area contributed by atoms with Crippen molar-refractivity contribution in [2.45, 2.75) is 0 Å². The largest absolute Gasteiger partial charge is 0.868 e. The van der Waals surface area contributed by atoms with Crippen molar-refractivity contribution in [3.63, 3.8) is 0 Å². The van der Waals surface area contributed by atoms with Crippen LogP contribution >= 0.6 is 0 Å². The first kappa shape index (κ1) is 15.2. The van der Waals surface area contributed by atoms with Crippen LogP contribution in [0.1, 0.15) is 5.56 Å². The summed E-state index contributed by atoms with van der Waals surface area (Å²) >= 11 is 0. The van der Waals surface area contributed by atoms with Crippen molar-refractivity contribution in [2.24, 2.45) is 0 Å². The Kier molecular flexibility index (Phi) is 3.64. The van der Waals surface area contributed by atoms with Gasteiger partial charge >= 0.3 is 6.03 Å². The SMILES string of the molecule is CN1C(=O)C(=Cc2ccc([O-])c([N+](=O)[O-])c2)C(=O)N(C)C1=O. The predicted octanol–water partition coefficient (Wildman–Crippen LogP) is 0.102. The lowest BCUT2D eigenvalue weighted by molar-refractivity contribution is -0.398. The second kappa shape index (κ2) is 5.28. The van der Waals surface area contributed by atoms with E-state index in [1.54, 1.807) is 0 Å². The second-order valence-electron chi connectivity index (χ2n) is 4.55. The van der Waals surface area contributed by atoms with Gasteiger partial charge in [-0.2, -0.15) is 0 Å². The Morgan fingerprint density at radius 3 is 2.14 bits per heavy atom. The molecule has 0 radical (unpaired) electrons. The van der Waals surface area contributed by atoms with Gasteiger partial charge in [-0.3, -0.25) is 29.5 Å². The minimum absolute atomic E-state index is 0.138. The van der Waals surface area contributed by atoms with E-state index in [0.29, 0.717) is 0 Å². The molecule has 1 aliphatic heterocycles. The lowest BCUT2D eigenvalue weighted by Crippen LogP contribution is -2.52. The van der Waals surface area contributed by atoms with Gasteiger partial charge in [0.2, 0.25) is 0 Å². The zero-order valence-corrected chi connectivity index (χ0v) is 11.6. The zero-order valence-electron chi connectivity index (χ0n) is 11.6. The van der Waals surface area contributed by atoms with Crippen LogP contribution in [0.2, 0.25) is 0 Å². The monoisotopic (exact) mass is 304 g/mol. The zero-order chi connectivity index (χ0) is 16.6. The number of hydrogen-bond acceptors (Lipinski definition) is 6. The molecule has 2 rings (SSSR count). The fourth-order valence-corrected chi connectivity index (χ4v) is 1.91. The number of amides is 4. The Hall–Kier alpha value is -3.23. The maximum Gasteiger partial charge on any atom is 0.333 e. The Balaban J connectivity index is 2.50. The van der Waals surface area contributed by atoms with E-state index in [1.165, 1.54) is 20.2 Å². The third-order valence-electron chi connectivity index (χ3n) is 3.13. The topological polar surface area (TPSA) is 124 Å². The highest BCUT2D eigenvalue weighted by Crippen LogP contribution is 2.26. The van der Waals surface area contributed by atoms with Gasteiger partial charge in [0.25, 0.3) is 17.5 Å². The van der Waals surface area contributed by atoms with Gasteiger partial charge in [0, 0.05) is 20.2 Å². The molecule has 0 N–H and O–H groups in total. The van der Waals surface area contributed by atoms with E-state index >= 15 is 0 Å². The molecule has 22 heavy (non-hydrogen) atoms. The number of hydrogen-bond donors (Lipinski definition) is 0. The van der Waals surface area contributed by atoms with Gasteiger partial charge in [0.15, 0.2) is 0 Å².